The van der Waals surface area contributed by atoms with Crippen LogP contribution >= 0.6 is 0 Å². The minimum absolute atomic E-state index is 0.560. The molecule has 19 heavy (non-hydrogen) atoms. The zero-order valence-electron chi connectivity index (χ0n) is 10.6. The van der Waals surface area contributed by atoms with Crippen molar-refractivity contribution in [1.29, 1.82) is 0 Å². The number of nitrogens with two attached hydrogens (primary N) is 1. The Morgan fingerprint density at radius 2 is 2.00 bits per heavy atom. The summed E-state index contributed by atoms with van der Waals surface area (Å²) >= 11 is 0. The maximum absolute atomic E-state index is 5.93. The molecule has 0 fully saturated rings. The van der Waals surface area contributed by atoms with Gasteiger partial charge in [-0.05, 0) is 17.7 Å². The lowest BCUT2D eigenvalue weighted by Gasteiger charge is -2.01. The van der Waals surface area contributed by atoms with E-state index >= 15 is 0 Å². The molecule has 2 aromatic heterocycles. The zero-order chi connectivity index (χ0) is 13.2. The van der Waals surface area contributed by atoms with Crippen molar-refractivity contribution in [2.45, 2.75) is 6.42 Å². The van der Waals surface area contributed by atoms with Crippen molar-refractivity contribution in [3.05, 3.63) is 47.8 Å². The first kappa shape index (κ1) is 11.5. The summed E-state index contributed by atoms with van der Waals surface area (Å²) in [7, 11) is 1.59. The van der Waals surface area contributed by atoms with Crippen molar-refractivity contribution >= 4 is 16.9 Å². The van der Waals surface area contributed by atoms with Crippen LogP contribution in [0.3, 0.4) is 0 Å². The minimum atomic E-state index is 0.560. The molecule has 0 saturated carbocycles. The van der Waals surface area contributed by atoms with Crippen LogP contribution in [0.5, 0.6) is 5.88 Å². The molecule has 3 rings (SSSR count). The van der Waals surface area contributed by atoms with Crippen LogP contribution in [0.25, 0.3) is 11.2 Å². The molecule has 3 N–H and O–H groups in total. The molecule has 0 radical (unpaired) electrons. The second-order valence-corrected chi connectivity index (χ2v) is 4.28. The Morgan fingerprint density at radius 3 is 2.79 bits per heavy atom. The Labute approximate surface area is 110 Å². The first-order valence-electron chi connectivity index (χ1n) is 5.99. The van der Waals surface area contributed by atoms with E-state index in [0.29, 0.717) is 17.9 Å². The topological polar surface area (TPSA) is 76.8 Å². The summed E-state index contributed by atoms with van der Waals surface area (Å²) in [6.45, 7) is 0. The summed E-state index contributed by atoms with van der Waals surface area (Å²) in [5.41, 5.74) is 9.30. The molecule has 5 nitrogen and oxygen atoms in total. The SMILES string of the molecule is COc1ccc2[nH]c(Cc3ccccc3N)nc2n1. The lowest BCUT2D eigenvalue weighted by molar-refractivity contribution is 0.399. The summed E-state index contributed by atoms with van der Waals surface area (Å²) in [5, 5.41) is 0. The second kappa shape index (κ2) is 4.61. The Morgan fingerprint density at radius 1 is 1.16 bits per heavy atom. The highest BCUT2D eigenvalue weighted by Crippen LogP contribution is 2.18. The highest BCUT2D eigenvalue weighted by atomic mass is 16.5. The number of benzene rings is 1. The fourth-order valence-corrected chi connectivity index (χ4v) is 2.00. The molecule has 0 bridgehead atoms. The van der Waals surface area contributed by atoms with Crippen molar-refractivity contribution in [2.75, 3.05) is 12.8 Å². The van der Waals surface area contributed by atoms with Crippen LogP contribution < -0.4 is 10.5 Å². The minimum Gasteiger partial charge on any atom is -0.481 e. The number of rotatable bonds is 3. The van der Waals surface area contributed by atoms with E-state index < -0.39 is 0 Å². The Balaban J connectivity index is 1.95. The molecule has 0 atom stereocenters. The van der Waals surface area contributed by atoms with Gasteiger partial charge in [-0.1, -0.05) is 18.2 Å². The number of nitrogen functional groups attached to an aromatic ring is 1. The van der Waals surface area contributed by atoms with Gasteiger partial charge in [-0.3, -0.25) is 0 Å². The number of anilines is 1. The number of para-hydroxylation sites is 1. The van der Waals surface area contributed by atoms with E-state index in [9.17, 15) is 0 Å². The highest BCUT2D eigenvalue weighted by molar-refractivity contribution is 5.71. The number of imidazole rings is 1. The predicted octanol–water partition coefficient (Wildman–Crippen LogP) is 2.14. The molecule has 0 saturated heterocycles. The van der Waals surface area contributed by atoms with Crippen molar-refractivity contribution in [1.82, 2.24) is 15.0 Å². The average molecular weight is 254 g/mol. The normalized spacial score (nSPS) is 10.8. The van der Waals surface area contributed by atoms with E-state index in [2.05, 4.69) is 15.0 Å². The number of aromatic amines is 1. The van der Waals surface area contributed by atoms with Crippen LogP contribution in [0, 0.1) is 0 Å². The van der Waals surface area contributed by atoms with Gasteiger partial charge in [0, 0.05) is 18.2 Å². The van der Waals surface area contributed by atoms with E-state index in [0.717, 1.165) is 22.6 Å². The lowest BCUT2D eigenvalue weighted by Crippen LogP contribution is -1.96. The van der Waals surface area contributed by atoms with Crippen LogP contribution in [0.2, 0.25) is 0 Å². The number of fused-ring (bicyclic) bond motifs is 1. The van der Waals surface area contributed by atoms with E-state index in [4.69, 9.17) is 10.5 Å². The monoisotopic (exact) mass is 254 g/mol. The van der Waals surface area contributed by atoms with Gasteiger partial charge in [-0.25, -0.2) is 4.98 Å². The molecule has 0 spiro atoms. The molecular weight excluding hydrogens is 240 g/mol. The summed E-state index contributed by atoms with van der Waals surface area (Å²) in [4.78, 5) is 12.0. The van der Waals surface area contributed by atoms with Gasteiger partial charge in [0.25, 0.3) is 0 Å². The van der Waals surface area contributed by atoms with Crippen LogP contribution in [0.4, 0.5) is 5.69 Å². The first-order valence-corrected chi connectivity index (χ1v) is 5.99. The van der Waals surface area contributed by atoms with E-state index in [1.165, 1.54) is 0 Å². The lowest BCUT2D eigenvalue weighted by atomic mass is 10.1. The smallest absolute Gasteiger partial charge is 0.215 e. The number of ether oxygens (including phenoxy) is 1. The number of aromatic nitrogens is 3. The van der Waals surface area contributed by atoms with Gasteiger partial charge in [0.15, 0.2) is 5.65 Å². The standard InChI is InChI=1S/C14H14N4O/c1-19-13-7-6-11-14(18-13)17-12(16-11)8-9-4-2-3-5-10(9)15/h2-7H,8,15H2,1H3,(H,16,17,18). The van der Waals surface area contributed by atoms with Gasteiger partial charge in [0.05, 0.1) is 12.6 Å². The molecule has 2 heterocycles. The predicted molar refractivity (Wildman–Crippen MR) is 74.1 cm³/mol. The van der Waals surface area contributed by atoms with Crippen molar-refractivity contribution in [2.24, 2.45) is 0 Å². The van der Waals surface area contributed by atoms with E-state index in [1.54, 1.807) is 13.2 Å². The maximum Gasteiger partial charge on any atom is 0.215 e. The molecule has 0 amide bonds. The summed E-state index contributed by atoms with van der Waals surface area (Å²) in [6, 6.07) is 11.5. The number of nitrogens with one attached hydrogen (secondary N) is 1. The maximum atomic E-state index is 5.93. The molecule has 0 aliphatic carbocycles. The van der Waals surface area contributed by atoms with Crippen LogP contribution in [0.1, 0.15) is 11.4 Å². The van der Waals surface area contributed by atoms with Gasteiger partial charge in [0.2, 0.25) is 5.88 Å². The highest BCUT2D eigenvalue weighted by Gasteiger charge is 2.07. The Kier molecular flexibility index (Phi) is 2.79. The fraction of sp³-hybridized carbons (Fsp3) is 0.143. The number of nitrogens with zero attached hydrogens (tertiary/aromatic N) is 2. The van der Waals surface area contributed by atoms with Gasteiger partial charge < -0.3 is 15.5 Å². The van der Waals surface area contributed by atoms with Gasteiger partial charge in [-0.15, -0.1) is 0 Å². The number of pyridine rings is 1. The van der Waals surface area contributed by atoms with Crippen molar-refractivity contribution < 1.29 is 4.74 Å². The molecule has 0 aliphatic rings. The average Bonchev–Trinajstić information content (AvgIpc) is 2.82. The van der Waals surface area contributed by atoms with Crippen LogP contribution in [-0.2, 0) is 6.42 Å². The number of methoxy groups -OCH3 is 1. The summed E-state index contributed by atoms with van der Waals surface area (Å²) in [5.74, 6) is 1.40. The molecule has 0 unspecified atom stereocenters. The summed E-state index contributed by atoms with van der Waals surface area (Å²) in [6.07, 6.45) is 0.658. The third kappa shape index (κ3) is 2.22. The van der Waals surface area contributed by atoms with E-state index in [-0.39, 0.29) is 0 Å². The number of hydrogen-bond acceptors (Lipinski definition) is 4. The van der Waals surface area contributed by atoms with Crippen molar-refractivity contribution in [3.63, 3.8) is 0 Å². The number of H-pyrrole nitrogens is 1. The third-order valence-corrected chi connectivity index (χ3v) is 2.99. The van der Waals surface area contributed by atoms with Crippen LogP contribution in [0.15, 0.2) is 36.4 Å². The molecule has 5 heteroatoms. The molecule has 1 aromatic carbocycles. The zero-order valence-corrected chi connectivity index (χ0v) is 10.6. The van der Waals surface area contributed by atoms with Gasteiger partial charge in [-0.2, -0.15) is 4.98 Å². The molecule has 3 aromatic rings. The molecular formula is C14H14N4O. The first-order chi connectivity index (χ1) is 9.26. The van der Waals surface area contributed by atoms with Crippen LogP contribution in [-0.4, -0.2) is 22.1 Å². The second-order valence-electron chi connectivity index (χ2n) is 4.28. The summed E-state index contributed by atoms with van der Waals surface area (Å²) < 4.78 is 5.08. The Bertz CT molecular complexity index is 720. The third-order valence-electron chi connectivity index (χ3n) is 2.99. The molecule has 0 aliphatic heterocycles. The van der Waals surface area contributed by atoms with Gasteiger partial charge in [0.1, 0.15) is 5.82 Å². The largest absolute Gasteiger partial charge is 0.481 e. The van der Waals surface area contributed by atoms with Crippen molar-refractivity contribution in [3.8, 4) is 5.88 Å². The quantitative estimate of drug-likeness (QED) is 0.702. The fourth-order valence-electron chi connectivity index (χ4n) is 2.00. The number of hydrogen-bond donors (Lipinski definition) is 2. The van der Waals surface area contributed by atoms with E-state index in [1.807, 2.05) is 30.3 Å². The Hall–Kier alpha value is -2.56. The molecule has 96 valence electrons. The van der Waals surface area contributed by atoms with Gasteiger partial charge >= 0.3 is 0 Å².